The molecule has 0 aliphatic carbocycles. The average molecular weight is 480 g/mol. The highest BCUT2D eigenvalue weighted by atomic mass is 32.2. The highest BCUT2D eigenvalue weighted by molar-refractivity contribution is 8.03. The molecule has 5 heterocycles. The summed E-state index contributed by atoms with van der Waals surface area (Å²) in [6.45, 7) is 5.98. The number of nitrogens with two attached hydrogens (primary N) is 1. The molecule has 0 aromatic carbocycles. The summed E-state index contributed by atoms with van der Waals surface area (Å²) < 4.78 is 0. The number of likely N-dealkylation sites (tertiary alicyclic amines) is 1. The van der Waals surface area contributed by atoms with Gasteiger partial charge in [-0.25, -0.2) is 9.78 Å². The third-order valence-electron chi connectivity index (χ3n) is 6.63. The largest absolute Gasteiger partial charge is 0.477 e. The van der Waals surface area contributed by atoms with Crippen LogP contribution in [0.25, 0.3) is 0 Å². The lowest BCUT2D eigenvalue weighted by molar-refractivity contribution is -0.163. The number of nitrogens with zero attached hydrogens (tertiary/aromatic N) is 4. The number of rotatable bonds is 6. The van der Waals surface area contributed by atoms with Crippen LogP contribution in [-0.2, 0) is 9.59 Å². The minimum atomic E-state index is -1.11. The number of hydrogen-bond donors (Lipinski definition) is 3. The van der Waals surface area contributed by atoms with Crippen LogP contribution in [0.3, 0.4) is 0 Å². The van der Waals surface area contributed by atoms with Crippen molar-refractivity contribution in [2.75, 3.05) is 31.1 Å². The van der Waals surface area contributed by atoms with Gasteiger partial charge in [0.15, 0.2) is 5.13 Å². The Balaban J connectivity index is 1.23. The molecule has 0 radical (unpaired) electrons. The standard InChI is InChI=1S/C20H25N5O5S2/c1-8-14-13(9(2)26)18(28)25(14)15(19(29)30)16(8)32-11-5-24(6-11)20-22-12(7-31-20)17(27)23-3-10(21)4-23/h7-11,13-14,26H,3-6,21H2,1-2H3,(H,29,30)/t8-,9-,13?,14?/m1/s1. The number of carboxylic acid groups (broad SMARTS) is 1. The molecule has 4 aliphatic rings. The molecule has 0 bridgehead atoms. The van der Waals surface area contributed by atoms with E-state index in [0.29, 0.717) is 36.8 Å². The van der Waals surface area contributed by atoms with Crippen LogP contribution in [0.1, 0.15) is 24.3 Å². The molecule has 5 rings (SSSR count). The van der Waals surface area contributed by atoms with Crippen LogP contribution >= 0.6 is 23.1 Å². The van der Waals surface area contributed by atoms with Crippen molar-refractivity contribution >= 4 is 46.0 Å². The van der Waals surface area contributed by atoms with Crippen LogP contribution in [0.4, 0.5) is 5.13 Å². The molecule has 4 N–H and O–H groups in total. The van der Waals surface area contributed by atoms with E-state index in [1.807, 2.05) is 6.92 Å². The van der Waals surface area contributed by atoms with Crippen LogP contribution in [0.2, 0.25) is 0 Å². The van der Waals surface area contributed by atoms with Gasteiger partial charge in [-0.2, -0.15) is 0 Å². The van der Waals surface area contributed by atoms with Gasteiger partial charge in [0.05, 0.1) is 18.1 Å². The van der Waals surface area contributed by atoms with Crippen molar-refractivity contribution < 1.29 is 24.6 Å². The fourth-order valence-electron chi connectivity index (χ4n) is 4.88. The van der Waals surface area contributed by atoms with E-state index in [1.54, 1.807) is 17.2 Å². The molecule has 2 amide bonds. The molecule has 0 spiro atoms. The maximum atomic E-state index is 12.5. The second-order valence-electron chi connectivity index (χ2n) is 8.90. The molecule has 3 saturated heterocycles. The Morgan fingerprint density at radius 3 is 2.59 bits per heavy atom. The van der Waals surface area contributed by atoms with Crippen LogP contribution in [0.15, 0.2) is 16.0 Å². The molecule has 32 heavy (non-hydrogen) atoms. The maximum Gasteiger partial charge on any atom is 0.353 e. The highest BCUT2D eigenvalue weighted by Crippen LogP contribution is 2.52. The zero-order valence-corrected chi connectivity index (χ0v) is 19.3. The van der Waals surface area contributed by atoms with Crippen LogP contribution in [0.5, 0.6) is 0 Å². The van der Waals surface area contributed by atoms with Crippen molar-refractivity contribution in [1.29, 1.82) is 0 Å². The van der Waals surface area contributed by atoms with Gasteiger partial charge in [-0.3, -0.25) is 9.59 Å². The van der Waals surface area contributed by atoms with Gasteiger partial charge >= 0.3 is 5.97 Å². The molecule has 172 valence electrons. The Hall–Kier alpha value is -2.15. The summed E-state index contributed by atoms with van der Waals surface area (Å²) in [5, 5.41) is 22.4. The lowest BCUT2D eigenvalue weighted by Crippen LogP contribution is -2.63. The monoisotopic (exact) mass is 479 g/mol. The number of fused-ring (bicyclic) bond motifs is 1. The quantitative estimate of drug-likeness (QED) is 0.481. The minimum Gasteiger partial charge on any atom is -0.477 e. The third-order valence-corrected chi connectivity index (χ3v) is 8.98. The Morgan fingerprint density at radius 1 is 1.31 bits per heavy atom. The van der Waals surface area contributed by atoms with Gasteiger partial charge in [0.25, 0.3) is 5.91 Å². The van der Waals surface area contributed by atoms with Crippen molar-refractivity contribution in [3.8, 4) is 0 Å². The number of aliphatic hydroxyl groups excluding tert-OH is 1. The maximum absolute atomic E-state index is 12.5. The van der Waals surface area contributed by atoms with E-state index < -0.39 is 18.0 Å². The van der Waals surface area contributed by atoms with Crippen molar-refractivity contribution in [3.63, 3.8) is 0 Å². The first-order chi connectivity index (χ1) is 15.2. The molecule has 1 aromatic heterocycles. The molecule has 10 nitrogen and oxygen atoms in total. The molecule has 4 aliphatic heterocycles. The summed E-state index contributed by atoms with van der Waals surface area (Å²) in [4.78, 5) is 47.1. The summed E-state index contributed by atoms with van der Waals surface area (Å²) in [5.74, 6) is -2.21. The van der Waals surface area contributed by atoms with E-state index in [2.05, 4.69) is 9.88 Å². The van der Waals surface area contributed by atoms with E-state index in [-0.39, 0.29) is 40.8 Å². The van der Waals surface area contributed by atoms with Gasteiger partial charge < -0.3 is 30.6 Å². The van der Waals surface area contributed by atoms with E-state index in [9.17, 15) is 24.6 Å². The molecule has 2 unspecified atom stereocenters. The molecular weight excluding hydrogens is 454 g/mol. The number of hydrogen-bond acceptors (Lipinski definition) is 9. The SMILES string of the molecule is C[C@@H](O)C1C(=O)N2C(C(=O)O)=C(SC3CN(c4nc(C(=O)N5CC(N)C5)cs4)C3)[C@H](C)C12. The summed E-state index contributed by atoms with van der Waals surface area (Å²) in [6.07, 6.45) is -0.807. The predicted molar refractivity (Wildman–Crippen MR) is 119 cm³/mol. The summed E-state index contributed by atoms with van der Waals surface area (Å²) in [5.41, 5.74) is 6.23. The molecule has 12 heteroatoms. The summed E-state index contributed by atoms with van der Waals surface area (Å²) in [7, 11) is 0. The van der Waals surface area contributed by atoms with Gasteiger partial charge in [-0.05, 0) is 6.92 Å². The van der Waals surface area contributed by atoms with Crippen LogP contribution in [-0.4, -0.2) is 92.4 Å². The van der Waals surface area contributed by atoms with Gasteiger partial charge in [-0.1, -0.05) is 6.92 Å². The number of aliphatic hydroxyl groups is 1. The molecular formula is C20H25N5O5S2. The number of carbonyl (C=O) groups is 3. The number of anilines is 1. The molecule has 1 aromatic rings. The fourth-order valence-corrected chi connectivity index (χ4v) is 7.21. The number of carboxylic acids is 1. The predicted octanol–water partition coefficient (Wildman–Crippen LogP) is 0.00170. The first-order valence-corrected chi connectivity index (χ1v) is 12.3. The van der Waals surface area contributed by atoms with Gasteiger partial charge in [0, 0.05) is 53.7 Å². The smallest absolute Gasteiger partial charge is 0.353 e. The average Bonchev–Trinajstić information content (AvgIpc) is 3.23. The van der Waals surface area contributed by atoms with Crippen molar-refractivity contribution in [2.45, 2.75) is 37.3 Å². The minimum absolute atomic E-state index is 0.0472. The van der Waals surface area contributed by atoms with E-state index in [1.165, 1.54) is 28.0 Å². The zero-order chi connectivity index (χ0) is 22.9. The van der Waals surface area contributed by atoms with E-state index in [0.717, 1.165) is 5.13 Å². The Bertz CT molecular complexity index is 1010. The number of thioether (sulfide) groups is 1. The van der Waals surface area contributed by atoms with Gasteiger partial charge in [-0.15, -0.1) is 23.1 Å². The topological polar surface area (TPSA) is 140 Å². The summed E-state index contributed by atoms with van der Waals surface area (Å²) in [6, 6.07) is -0.250. The first-order valence-electron chi connectivity index (χ1n) is 10.6. The third kappa shape index (κ3) is 3.23. The van der Waals surface area contributed by atoms with Crippen molar-refractivity contribution in [3.05, 3.63) is 21.7 Å². The van der Waals surface area contributed by atoms with Crippen LogP contribution in [0, 0.1) is 11.8 Å². The number of aliphatic carboxylic acids is 1. The molecule has 0 saturated carbocycles. The van der Waals surface area contributed by atoms with Crippen LogP contribution < -0.4 is 10.6 Å². The number of β-lactam (4-membered cyclic amide) rings is 1. The van der Waals surface area contributed by atoms with E-state index in [4.69, 9.17) is 5.73 Å². The number of aromatic nitrogens is 1. The normalized spacial score (nSPS) is 28.9. The van der Waals surface area contributed by atoms with Gasteiger partial charge in [0.2, 0.25) is 5.91 Å². The van der Waals surface area contributed by atoms with E-state index >= 15 is 0 Å². The number of thiazole rings is 1. The lowest BCUT2D eigenvalue weighted by atomic mass is 9.79. The second-order valence-corrected chi connectivity index (χ2v) is 11.1. The second kappa shape index (κ2) is 7.72. The number of amides is 2. The van der Waals surface area contributed by atoms with Gasteiger partial charge in [0.1, 0.15) is 11.4 Å². The van der Waals surface area contributed by atoms with Crippen molar-refractivity contribution in [2.24, 2.45) is 17.6 Å². The highest BCUT2D eigenvalue weighted by Gasteiger charge is 2.60. The Morgan fingerprint density at radius 2 is 2.00 bits per heavy atom. The fraction of sp³-hybridized carbons (Fsp3) is 0.600. The molecule has 3 fully saturated rings. The Kier molecular flexibility index (Phi) is 5.23. The molecule has 4 atom stereocenters. The lowest BCUT2D eigenvalue weighted by Gasteiger charge is -2.46. The summed E-state index contributed by atoms with van der Waals surface area (Å²) >= 11 is 2.92. The zero-order valence-electron chi connectivity index (χ0n) is 17.7. The van der Waals surface area contributed by atoms with Crippen molar-refractivity contribution in [1.82, 2.24) is 14.8 Å². The Labute approximate surface area is 193 Å². The first kappa shape index (κ1) is 21.7. The number of carbonyl (C=O) groups excluding carboxylic acids is 2.